The topological polar surface area (TPSA) is 86.7 Å². The zero-order chi connectivity index (χ0) is 12.9. The molecule has 0 aromatic carbocycles. The van der Waals surface area contributed by atoms with E-state index in [1.165, 1.54) is 0 Å². The number of aliphatic hydroxyl groups is 3. The van der Waals surface area contributed by atoms with Crippen LogP contribution in [0.15, 0.2) is 0 Å². The normalized spacial score (nSPS) is 23.2. The van der Waals surface area contributed by atoms with Crippen LogP contribution in [0.25, 0.3) is 0 Å². The van der Waals surface area contributed by atoms with Crippen molar-refractivity contribution in [3.8, 4) is 0 Å². The fraction of sp³-hybridized carbons (Fsp3) is 1.00. The van der Waals surface area contributed by atoms with E-state index >= 15 is 0 Å². The monoisotopic (exact) mass is 233 g/mol. The third kappa shape index (κ3) is 2.56. The molecule has 0 aromatic rings. The molecule has 0 amide bonds. The van der Waals surface area contributed by atoms with Gasteiger partial charge in [-0.25, -0.2) is 0 Å². The minimum absolute atomic E-state index is 0.465. The van der Waals surface area contributed by atoms with Crippen molar-refractivity contribution in [1.82, 2.24) is 0 Å². The summed E-state index contributed by atoms with van der Waals surface area (Å²) in [5, 5.41) is 30.4. The van der Waals surface area contributed by atoms with Crippen molar-refractivity contribution in [1.29, 1.82) is 0 Å². The second-order valence-corrected chi connectivity index (χ2v) is 4.56. The molecule has 4 atom stereocenters. The zero-order valence-electron chi connectivity index (χ0n) is 10.8. The van der Waals surface area contributed by atoms with Crippen molar-refractivity contribution >= 4 is 0 Å². The second-order valence-electron chi connectivity index (χ2n) is 4.56. The maximum atomic E-state index is 10.1. The fourth-order valence-electron chi connectivity index (χ4n) is 2.64. The van der Waals surface area contributed by atoms with Crippen LogP contribution in [-0.2, 0) is 0 Å². The molecule has 0 rings (SSSR count). The maximum Gasteiger partial charge on any atom is 0.0658 e. The molecule has 0 fully saturated rings. The van der Waals surface area contributed by atoms with Crippen LogP contribution in [0.5, 0.6) is 0 Å². The summed E-state index contributed by atoms with van der Waals surface area (Å²) in [7, 11) is 0. The van der Waals surface area contributed by atoms with Gasteiger partial charge < -0.3 is 21.1 Å². The first-order valence-corrected chi connectivity index (χ1v) is 6.19. The first kappa shape index (κ1) is 15.8. The van der Waals surface area contributed by atoms with Crippen LogP contribution < -0.4 is 5.73 Å². The van der Waals surface area contributed by atoms with Crippen LogP contribution in [-0.4, -0.2) is 39.7 Å². The molecule has 0 saturated heterocycles. The van der Waals surface area contributed by atoms with Crippen LogP contribution in [0, 0.1) is 5.41 Å². The van der Waals surface area contributed by atoms with E-state index in [4.69, 9.17) is 5.73 Å². The molecule has 0 saturated carbocycles. The predicted octanol–water partition coefficient (Wildman–Crippen LogP) is 0.633. The molecule has 4 unspecified atom stereocenters. The van der Waals surface area contributed by atoms with E-state index in [-0.39, 0.29) is 0 Å². The molecule has 98 valence electrons. The third-order valence-corrected chi connectivity index (χ3v) is 3.68. The van der Waals surface area contributed by atoms with Crippen LogP contribution in [0.4, 0.5) is 0 Å². The quantitative estimate of drug-likeness (QED) is 0.519. The lowest BCUT2D eigenvalue weighted by molar-refractivity contribution is -0.152. The van der Waals surface area contributed by atoms with Crippen molar-refractivity contribution in [3.63, 3.8) is 0 Å². The van der Waals surface area contributed by atoms with Gasteiger partial charge in [0.2, 0.25) is 0 Å². The maximum absolute atomic E-state index is 10.1. The SMILES string of the molecule is CCC(O)C(C(C)N)(C(O)CC)C(O)CC. The largest absolute Gasteiger partial charge is 0.392 e. The molecular weight excluding hydrogens is 206 g/mol. The number of aliphatic hydroxyl groups excluding tert-OH is 3. The van der Waals surface area contributed by atoms with E-state index in [1.807, 2.05) is 20.8 Å². The van der Waals surface area contributed by atoms with Gasteiger partial charge in [0.15, 0.2) is 0 Å². The Bertz CT molecular complexity index is 170. The average molecular weight is 233 g/mol. The number of nitrogens with two attached hydrogens (primary N) is 1. The van der Waals surface area contributed by atoms with Gasteiger partial charge in [-0.3, -0.25) is 0 Å². The lowest BCUT2D eigenvalue weighted by Crippen LogP contribution is -2.62. The Morgan fingerprint density at radius 1 is 0.875 bits per heavy atom. The minimum atomic E-state index is -1.03. The van der Waals surface area contributed by atoms with E-state index in [2.05, 4.69) is 0 Å². The minimum Gasteiger partial charge on any atom is -0.392 e. The van der Waals surface area contributed by atoms with Gasteiger partial charge in [0.1, 0.15) is 0 Å². The third-order valence-electron chi connectivity index (χ3n) is 3.68. The van der Waals surface area contributed by atoms with Crippen molar-refractivity contribution < 1.29 is 15.3 Å². The average Bonchev–Trinajstić information content (AvgIpc) is 2.28. The predicted molar refractivity (Wildman–Crippen MR) is 65.0 cm³/mol. The van der Waals surface area contributed by atoms with Gasteiger partial charge in [-0.1, -0.05) is 20.8 Å². The van der Waals surface area contributed by atoms with Gasteiger partial charge in [-0.05, 0) is 26.2 Å². The Balaban J connectivity index is 5.38. The van der Waals surface area contributed by atoms with Gasteiger partial charge in [-0.2, -0.15) is 0 Å². The standard InChI is InChI=1S/C12H27NO3/c1-5-9(14)12(8(4)13,10(15)6-2)11(16)7-3/h8-11,14-16H,5-7,13H2,1-4H3. The van der Waals surface area contributed by atoms with Crippen molar-refractivity contribution in [3.05, 3.63) is 0 Å². The summed E-state index contributed by atoms with van der Waals surface area (Å²) in [4.78, 5) is 0. The summed E-state index contributed by atoms with van der Waals surface area (Å²) in [6, 6.07) is -0.465. The summed E-state index contributed by atoms with van der Waals surface area (Å²) in [5.41, 5.74) is 4.89. The van der Waals surface area contributed by atoms with Crippen LogP contribution >= 0.6 is 0 Å². The fourth-order valence-corrected chi connectivity index (χ4v) is 2.64. The highest BCUT2D eigenvalue weighted by Gasteiger charge is 2.50. The summed E-state index contributed by atoms with van der Waals surface area (Å²) in [6.45, 7) is 7.21. The van der Waals surface area contributed by atoms with Crippen LogP contribution in [0.3, 0.4) is 0 Å². The summed E-state index contributed by atoms with van der Waals surface area (Å²) in [5.74, 6) is 0. The lowest BCUT2D eigenvalue weighted by atomic mass is 9.65. The van der Waals surface area contributed by atoms with Crippen molar-refractivity contribution in [2.24, 2.45) is 11.1 Å². The summed E-state index contributed by atoms with van der Waals surface area (Å²) >= 11 is 0. The molecule has 4 heteroatoms. The smallest absolute Gasteiger partial charge is 0.0658 e. The van der Waals surface area contributed by atoms with Crippen LogP contribution in [0.1, 0.15) is 47.0 Å². The number of rotatable bonds is 7. The number of hydrogen-bond acceptors (Lipinski definition) is 4. The first-order chi connectivity index (χ1) is 7.39. The van der Waals surface area contributed by atoms with Gasteiger partial charge >= 0.3 is 0 Å². The Morgan fingerprint density at radius 3 is 1.25 bits per heavy atom. The molecule has 0 heterocycles. The van der Waals surface area contributed by atoms with E-state index < -0.39 is 29.8 Å². The molecule has 0 aliphatic heterocycles. The molecule has 0 aliphatic rings. The Labute approximate surface area is 98.5 Å². The Morgan fingerprint density at radius 2 is 1.12 bits per heavy atom. The lowest BCUT2D eigenvalue weighted by Gasteiger charge is -2.47. The molecular formula is C12H27NO3. The van der Waals surface area contributed by atoms with Crippen molar-refractivity contribution in [2.75, 3.05) is 0 Å². The van der Waals surface area contributed by atoms with E-state index in [1.54, 1.807) is 6.92 Å². The van der Waals surface area contributed by atoms with Gasteiger partial charge in [0.05, 0.1) is 23.7 Å². The number of hydrogen-bond donors (Lipinski definition) is 4. The van der Waals surface area contributed by atoms with E-state index in [0.29, 0.717) is 19.3 Å². The van der Waals surface area contributed by atoms with Gasteiger partial charge in [0, 0.05) is 6.04 Å². The van der Waals surface area contributed by atoms with Crippen LogP contribution in [0.2, 0.25) is 0 Å². The van der Waals surface area contributed by atoms with Gasteiger partial charge in [0.25, 0.3) is 0 Å². The molecule has 0 aliphatic carbocycles. The molecule has 0 aromatic heterocycles. The van der Waals surface area contributed by atoms with E-state index in [9.17, 15) is 15.3 Å². The molecule has 0 spiro atoms. The summed E-state index contributed by atoms with van der Waals surface area (Å²) in [6.07, 6.45) is -0.978. The van der Waals surface area contributed by atoms with Crippen molar-refractivity contribution in [2.45, 2.75) is 71.3 Å². The zero-order valence-corrected chi connectivity index (χ0v) is 10.8. The molecule has 4 nitrogen and oxygen atoms in total. The first-order valence-electron chi connectivity index (χ1n) is 6.19. The molecule has 16 heavy (non-hydrogen) atoms. The highest BCUT2D eigenvalue weighted by Crippen LogP contribution is 2.38. The Kier molecular flexibility index (Phi) is 6.48. The van der Waals surface area contributed by atoms with Gasteiger partial charge in [-0.15, -0.1) is 0 Å². The summed E-state index contributed by atoms with van der Waals surface area (Å²) < 4.78 is 0. The molecule has 5 N–H and O–H groups in total. The highest BCUT2D eigenvalue weighted by molar-refractivity contribution is 5.02. The molecule has 0 bridgehead atoms. The van der Waals surface area contributed by atoms with E-state index in [0.717, 1.165) is 0 Å². The molecule has 0 radical (unpaired) electrons. The second kappa shape index (κ2) is 6.55. The highest BCUT2D eigenvalue weighted by atomic mass is 16.3. The Hall–Kier alpha value is -0.160.